The highest BCUT2D eigenvalue weighted by Gasteiger charge is 2.42. The number of methoxy groups -OCH3 is 1. The maximum Gasteiger partial charge on any atom is 0.322 e. The molecule has 0 fully saturated rings. The minimum atomic E-state index is -0.433. The smallest absolute Gasteiger partial charge is 0.322 e. The third-order valence-corrected chi connectivity index (χ3v) is 4.89. The van der Waals surface area contributed by atoms with Crippen LogP contribution < -0.4 is 10.1 Å². The van der Waals surface area contributed by atoms with Crippen LogP contribution in [-0.2, 0) is 4.79 Å². The Morgan fingerprint density at radius 1 is 1.28 bits per heavy atom. The Hall–Kier alpha value is -2.50. The molecule has 1 atom stereocenters. The fraction of sp³-hybridized carbons (Fsp3) is 0.474. The molecule has 0 saturated carbocycles. The number of ether oxygens (including phenoxy) is 1. The molecule has 2 aliphatic heterocycles. The van der Waals surface area contributed by atoms with Crippen LogP contribution in [0.3, 0.4) is 0 Å². The van der Waals surface area contributed by atoms with Gasteiger partial charge in [0, 0.05) is 13.6 Å². The zero-order valence-corrected chi connectivity index (χ0v) is 15.0. The molecule has 1 N–H and O–H groups in total. The topological polar surface area (TPSA) is 61.9 Å². The summed E-state index contributed by atoms with van der Waals surface area (Å²) in [5, 5.41) is 2.95. The second-order valence-corrected chi connectivity index (χ2v) is 6.51. The van der Waals surface area contributed by atoms with Crippen LogP contribution in [0.15, 0.2) is 35.5 Å². The molecular weight excluding hydrogens is 318 g/mol. The number of nitrogens with zero attached hydrogens (tertiary/aromatic N) is 2. The summed E-state index contributed by atoms with van der Waals surface area (Å²) in [5.41, 5.74) is 2.34. The molecule has 25 heavy (non-hydrogen) atoms. The number of carbonyl (C=O) groups excluding carboxylic acids is 2. The summed E-state index contributed by atoms with van der Waals surface area (Å²) < 4.78 is 5.28. The van der Waals surface area contributed by atoms with Crippen LogP contribution in [-0.4, -0.2) is 49.0 Å². The number of hydrogen-bond donors (Lipinski definition) is 1. The molecule has 0 spiro atoms. The van der Waals surface area contributed by atoms with Crippen molar-refractivity contribution in [3.8, 4) is 5.75 Å². The molecular formula is C19H25N3O3. The van der Waals surface area contributed by atoms with E-state index in [0.29, 0.717) is 17.9 Å². The second-order valence-electron chi connectivity index (χ2n) is 6.51. The lowest BCUT2D eigenvalue weighted by atomic mass is 9.95. The van der Waals surface area contributed by atoms with Gasteiger partial charge in [0.2, 0.25) is 0 Å². The van der Waals surface area contributed by atoms with Crippen molar-refractivity contribution in [2.75, 3.05) is 27.2 Å². The Morgan fingerprint density at radius 2 is 2.08 bits per heavy atom. The molecule has 0 saturated heterocycles. The SMILES string of the molecule is CCCCCN1CC2=C(C1=O)[C@H](c1cccc(OC)c1)NC(=O)N2C. The fourth-order valence-corrected chi connectivity index (χ4v) is 3.43. The average Bonchev–Trinajstić information content (AvgIpc) is 2.95. The number of benzene rings is 1. The van der Waals surface area contributed by atoms with E-state index in [-0.39, 0.29) is 11.9 Å². The second kappa shape index (κ2) is 7.17. The van der Waals surface area contributed by atoms with Gasteiger partial charge in [0.15, 0.2) is 0 Å². The number of rotatable bonds is 6. The summed E-state index contributed by atoms with van der Waals surface area (Å²) in [6, 6.07) is 6.89. The monoisotopic (exact) mass is 343 g/mol. The van der Waals surface area contributed by atoms with Crippen LogP contribution >= 0.6 is 0 Å². The molecule has 0 aliphatic carbocycles. The highest BCUT2D eigenvalue weighted by atomic mass is 16.5. The highest BCUT2D eigenvalue weighted by Crippen LogP contribution is 2.36. The predicted octanol–water partition coefficient (Wildman–Crippen LogP) is 2.68. The van der Waals surface area contributed by atoms with Gasteiger partial charge in [-0.3, -0.25) is 9.69 Å². The minimum absolute atomic E-state index is 0.0192. The van der Waals surface area contributed by atoms with Crippen LogP contribution in [0.25, 0.3) is 0 Å². The van der Waals surface area contributed by atoms with Gasteiger partial charge in [-0.15, -0.1) is 0 Å². The van der Waals surface area contributed by atoms with Gasteiger partial charge >= 0.3 is 6.03 Å². The van der Waals surface area contributed by atoms with Crippen molar-refractivity contribution >= 4 is 11.9 Å². The highest BCUT2D eigenvalue weighted by molar-refractivity contribution is 6.01. The fourth-order valence-electron chi connectivity index (χ4n) is 3.43. The predicted molar refractivity (Wildman–Crippen MR) is 95.2 cm³/mol. The van der Waals surface area contributed by atoms with Crippen molar-refractivity contribution < 1.29 is 14.3 Å². The number of unbranched alkanes of at least 4 members (excludes halogenated alkanes) is 2. The Bertz CT molecular complexity index is 714. The van der Waals surface area contributed by atoms with Crippen LogP contribution in [0.1, 0.15) is 37.8 Å². The van der Waals surface area contributed by atoms with Gasteiger partial charge in [-0.1, -0.05) is 31.9 Å². The summed E-state index contributed by atoms with van der Waals surface area (Å²) in [7, 11) is 3.32. The van der Waals surface area contributed by atoms with E-state index in [2.05, 4.69) is 12.2 Å². The Morgan fingerprint density at radius 3 is 2.80 bits per heavy atom. The number of carbonyl (C=O) groups is 2. The van der Waals surface area contributed by atoms with Crippen molar-refractivity contribution in [2.45, 2.75) is 32.2 Å². The lowest BCUT2D eigenvalue weighted by Crippen LogP contribution is -2.45. The molecule has 3 rings (SSSR count). The van der Waals surface area contributed by atoms with Crippen LogP contribution in [0, 0.1) is 0 Å². The van der Waals surface area contributed by atoms with E-state index in [1.807, 2.05) is 29.2 Å². The molecule has 0 bridgehead atoms. The third kappa shape index (κ3) is 3.21. The van der Waals surface area contributed by atoms with Gasteiger partial charge in [0.1, 0.15) is 5.75 Å². The molecule has 0 aromatic heterocycles. The van der Waals surface area contributed by atoms with E-state index in [1.54, 1.807) is 19.1 Å². The van der Waals surface area contributed by atoms with Gasteiger partial charge in [0.05, 0.1) is 31.0 Å². The maximum atomic E-state index is 13.0. The first kappa shape index (κ1) is 17.3. The molecule has 134 valence electrons. The molecule has 6 heteroatoms. The largest absolute Gasteiger partial charge is 0.497 e. The summed E-state index contributed by atoms with van der Waals surface area (Å²) in [6.07, 6.45) is 3.19. The van der Waals surface area contributed by atoms with E-state index in [9.17, 15) is 9.59 Å². The first-order valence-corrected chi connectivity index (χ1v) is 8.77. The molecule has 1 aromatic carbocycles. The zero-order valence-electron chi connectivity index (χ0n) is 15.0. The Labute approximate surface area is 148 Å². The van der Waals surface area contributed by atoms with Crippen LogP contribution in [0.5, 0.6) is 5.75 Å². The summed E-state index contributed by atoms with van der Waals surface area (Å²) in [6.45, 7) is 3.37. The number of hydrogen-bond acceptors (Lipinski definition) is 3. The summed E-state index contributed by atoms with van der Waals surface area (Å²) >= 11 is 0. The quantitative estimate of drug-likeness (QED) is 0.808. The molecule has 6 nitrogen and oxygen atoms in total. The maximum absolute atomic E-state index is 13.0. The Balaban J connectivity index is 1.91. The number of urea groups is 1. The molecule has 3 amide bonds. The van der Waals surface area contributed by atoms with Crippen molar-refractivity contribution in [1.29, 1.82) is 0 Å². The van der Waals surface area contributed by atoms with Gasteiger partial charge in [-0.25, -0.2) is 4.79 Å². The van der Waals surface area contributed by atoms with Gasteiger partial charge < -0.3 is 15.0 Å². The van der Waals surface area contributed by atoms with E-state index in [0.717, 1.165) is 37.1 Å². The molecule has 2 aliphatic rings. The minimum Gasteiger partial charge on any atom is -0.497 e. The zero-order chi connectivity index (χ0) is 18.0. The molecule has 1 aromatic rings. The first-order valence-electron chi connectivity index (χ1n) is 8.77. The van der Waals surface area contributed by atoms with Crippen LogP contribution in [0.4, 0.5) is 4.79 Å². The molecule has 2 heterocycles. The Kier molecular flexibility index (Phi) is 4.97. The standard InChI is InChI=1S/C19H25N3O3/c1-4-5-6-10-22-12-15-16(18(22)23)17(20-19(24)21(15)2)13-8-7-9-14(11-13)25-3/h7-9,11,17H,4-6,10,12H2,1-3H3,(H,20,24)/t17-/m0/s1. The van der Waals surface area contributed by atoms with E-state index in [1.165, 1.54) is 0 Å². The number of nitrogens with one attached hydrogen (secondary N) is 1. The van der Waals surface area contributed by atoms with E-state index >= 15 is 0 Å². The van der Waals surface area contributed by atoms with E-state index in [4.69, 9.17) is 4.74 Å². The van der Waals surface area contributed by atoms with Crippen molar-refractivity contribution in [2.24, 2.45) is 0 Å². The van der Waals surface area contributed by atoms with Gasteiger partial charge in [-0.05, 0) is 24.1 Å². The first-order chi connectivity index (χ1) is 12.1. The lowest BCUT2D eigenvalue weighted by molar-refractivity contribution is -0.125. The van der Waals surface area contributed by atoms with Crippen molar-refractivity contribution in [1.82, 2.24) is 15.1 Å². The summed E-state index contributed by atoms with van der Waals surface area (Å²) in [5.74, 6) is 0.726. The third-order valence-electron chi connectivity index (χ3n) is 4.89. The van der Waals surface area contributed by atoms with Gasteiger partial charge in [0.25, 0.3) is 5.91 Å². The number of amides is 3. The van der Waals surface area contributed by atoms with Crippen molar-refractivity contribution in [3.05, 3.63) is 41.1 Å². The molecule has 0 radical (unpaired) electrons. The van der Waals surface area contributed by atoms with Crippen molar-refractivity contribution in [3.63, 3.8) is 0 Å². The van der Waals surface area contributed by atoms with E-state index < -0.39 is 6.04 Å². The molecule has 0 unspecified atom stereocenters. The van der Waals surface area contributed by atoms with Gasteiger partial charge in [-0.2, -0.15) is 0 Å². The number of likely N-dealkylation sites (N-methyl/N-ethyl adjacent to an activating group) is 1. The summed E-state index contributed by atoms with van der Waals surface area (Å²) in [4.78, 5) is 28.8. The van der Waals surface area contributed by atoms with Crippen LogP contribution in [0.2, 0.25) is 0 Å². The average molecular weight is 343 g/mol. The lowest BCUT2D eigenvalue weighted by Gasteiger charge is -2.31. The normalized spacial score (nSPS) is 20.0.